The zero-order chi connectivity index (χ0) is 4.83. The van der Waals surface area contributed by atoms with E-state index in [1.54, 1.807) is 0 Å². The predicted octanol–water partition coefficient (Wildman–Crippen LogP) is 0.0384. The number of rotatable bonds is 3. The molecule has 0 aromatic heterocycles. The Hall–Kier alpha value is 0.913. The molecule has 0 rings (SSSR count). The van der Waals surface area contributed by atoms with E-state index in [1.807, 2.05) is 0 Å². The first-order chi connectivity index (χ1) is 2.91. The van der Waals surface area contributed by atoms with Crippen molar-refractivity contribution in [1.82, 2.24) is 0 Å². The van der Waals surface area contributed by atoms with E-state index in [-0.39, 0.29) is 39.3 Å². The Morgan fingerprint density at radius 1 is 0.889 bits per heavy atom. The summed E-state index contributed by atoms with van der Waals surface area (Å²) in [6.45, 7) is 4.46. The van der Waals surface area contributed by atoms with Gasteiger partial charge in [0.05, 0.1) is 0 Å². The molecule has 0 nitrogen and oxygen atoms in total. The molecule has 0 heterocycles. The molecule has 0 aromatic rings. The van der Waals surface area contributed by atoms with Crippen molar-refractivity contribution < 1.29 is 31.9 Å². The van der Waals surface area contributed by atoms with E-state index < -0.39 is 0 Å². The fourth-order valence-corrected chi connectivity index (χ4v) is 0.500. The van der Waals surface area contributed by atoms with Crippen molar-refractivity contribution in [3.63, 3.8) is 0 Å². The predicted molar refractivity (Wildman–Crippen MR) is 36.2 cm³/mol. The molecular formula is C7H17ClZn. The molecule has 0 unspecified atom stereocenters. The van der Waals surface area contributed by atoms with Crippen LogP contribution >= 0.6 is 0 Å². The smallest absolute Gasteiger partial charge is 1.00 e. The number of unbranched alkanes of at least 4 members (excludes halogenated alkanes) is 3. The Kier molecular flexibility index (Phi) is 57.9. The van der Waals surface area contributed by atoms with Crippen LogP contribution in [-0.2, 0) is 19.5 Å². The maximum atomic E-state index is 2.23. The standard InChI is InChI=1S/C6H14.CH3.ClH.Zn/c1-3-5-6-4-2;;;/h3-6H2,1-2H3;1H3;1H;/q;-1;;+2/p-1. The number of halogens is 1. The van der Waals surface area contributed by atoms with Gasteiger partial charge in [0.1, 0.15) is 0 Å². The average Bonchev–Trinajstić information content (AvgIpc) is 1.61. The van der Waals surface area contributed by atoms with Gasteiger partial charge in [-0.25, -0.2) is 0 Å². The first-order valence-corrected chi connectivity index (χ1v) is 2.91. The molecule has 0 saturated heterocycles. The molecular weight excluding hydrogens is 185 g/mol. The summed E-state index contributed by atoms with van der Waals surface area (Å²) in [7, 11) is 0. The number of hydrogen-bond acceptors (Lipinski definition) is 0. The van der Waals surface area contributed by atoms with Gasteiger partial charge in [0.25, 0.3) is 0 Å². The molecule has 0 fully saturated rings. The topological polar surface area (TPSA) is 0 Å². The summed E-state index contributed by atoms with van der Waals surface area (Å²) in [5.41, 5.74) is 0. The molecule has 54 valence electrons. The van der Waals surface area contributed by atoms with Crippen LogP contribution in [0.2, 0.25) is 0 Å². The quantitative estimate of drug-likeness (QED) is 0.344. The average molecular weight is 202 g/mol. The van der Waals surface area contributed by atoms with Crippen LogP contribution in [0.4, 0.5) is 0 Å². The Morgan fingerprint density at radius 2 is 1.11 bits per heavy atom. The van der Waals surface area contributed by atoms with Gasteiger partial charge in [-0.05, 0) is 0 Å². The molecule has 0 radical (unpaired) electrons. The second-order valence-corrected chi connectivity index (χ2v) is 1.71. The minimum atomic E-state index is 0. The van der Waals surface area contributed by atoms with Gasteiger partial charge in [-0.2, -0.15) is 0 Å². The fraction of sp³-hybridized carbons (Fsp3) is 0.857. The summed E-state index contributed by atoms with van der Waals surface area (Å²) < 4.78 is 0. The maximum absolute atomic E-state index is 2.23. The number of hydrogen-bond donors (Lipinski definition) is 0. The third-order valence-electron chi connectivity index (χ3n) is 0.957. The van der Waals surface area contributed by atoms with Crippen molar-refractivity contribution in [2.75, 3.05) is 0 Å². The third-order valence-corrected chi connectivity index (χ3v) is 0.957. The van der Waals surface area contributed by atoms with Crippen molar-refractivity contribution in [2.45, 2.75) is 39.5 Å². The van der Waals surface area contributed by atoms with Gasteiger partial charge in [0, 0.05) is 0 Å². The van der Waals surface area contributed by atoms with Crippen LogP contribution in [0, 0.1) is 7.43 Å². The van der Waals surface area contributed by atoms with E-state index in [4.69, 9.17) is 0 Å². The largest absolute Gasteiger partial charge is 2.00 e. The van der Waals surface area contributed by atoms with Gasteiger partial charge in [-0.15, -0.1) is 0 Å². The monoisotopic (exact) mass is 200 g/mol. The Morgan fingerprint density at radius 3 is 1.22 bits per heavy atom. The Bertz CT molecular complexity index is 20.9. The van der Waals surface area contributed by atoms with Gasteiger partial charge in [-0.3, -0.25) is 0 Å². The minimum absolute atomic E-state index is 0. The van der Waals surface area contributed by atoms with Crippen molar-refractivity contribution in [2.24, 2.45) is 0 Å². The SMILES string of the molecule is CCCCCC.[CH3-].[Cl-].[Zn+2]. The van der Waals surface area contributed by atoms with Gasteiger partial charge in [0.2, 0.25) is 0 Å². The molecule has 0 aliphatic rings. The van der Waals surface area contributed by atoms with E-state index in [0.29, 0.717) is 0 Å². The van der Waals surface area contributed by atoms with Crippen molar-refractivity contribution in [3.05, 3.63) is 7.43 Å². The third kappa shape index (κ3) is 27.8. The van der Waals surface area contributed by atoms with Gasteiger partial charge in [-0.1, -0.05) is 39.5 Å². The summed E-state index contributed by atoms with van der Waals surface area (Å²) in [4.78, 5) is 0. The van der Waals surface area contributed by atoms with Gasteiger partial charge >= 0.3 is 19.5 Å². The molecule has 0 spiro atoms. The molecule has 0 aliphatic carbocycles. The summed E-state index contributed by atoms with van der Waals surface area (Å²) in [6.07, 6.45) is 5.54. The normalized spacial score (nSPS) is 6.00. The van der Waals surface area contributed by atoms with Crippen LogP contribution in [0.3, 0.4) is 0 Å². The van der Waals surface area contributed by atoms with Crippen LogP contribution in [0.1, 0.15) is 39.5 Å². The summed E-state index contributed by atoms with van der Waals surface area (Å²) in [6, 6.07) is 0. The van der Waals surface area contributed by atoms with E-state index >= 15 is 0 Å². The van der Waals surface area contributed by atoms with Crippen molar-refractivity contribution in [3.8, 4) is 0 Å². The Labute approximate surface area is 79.0 Å². The molecule has 0 aromatic carbocycles. The van der Waals surface area contributed by atoms with Crippen LogP contribution in [0.5, 0.6) is 0 Å². The second-order valence-electron chi connectivity index (χ2n) is 1.71. The second kappa shape index (κ2) is 23.1. The van der Waals surface area contributed by atoms with E-state index in [1.165, 1.54) is 25.7 Å². The van der Waals surface area contributed by atoms with Crippen molar-refractivity contribution >= 4 is 0 Å². The van der Waals surface area contributed by atoms with Gasteiger partial charge < -0.3 is 19.8 Å². The molecule has 0 bridgehead atoms. The van der Waals surface area contributed by atoms with E-state index in [9.17, 15) is 0 Å². The molecule has 9 heavy (non-hydrogen) atoms. The molecule has 2 heteroatoms. The van der Waals surface area contributed by atoms with Gasteiger partial charge in [0.15, 0.2) is 0 Å². The zero-order valence-electron chi connectivity index (χ0n) is 6.91. The molecule has 0 N–H and O–H groups in total. The molecule has 0 atom stereocenters. The van der Waals surface area contributed by atoms with Crippen LogP contribution in [0.25, 0.3) is 0 Å². The Balaban J connectivity index is -0.0000000417. The first-order valence-electron chi connectivity index (χ1n) is 2.91. The molecule has 0 aliphatic heterocycles. The maximum Gasteiger partial charge on any atom is 2.00 e. The molecule has 0 amide bonds. The summed E-state index contributed by atoms with van der Waals surface area (Å²) in [5, 5.41) is 0. The zero-order valence-corrected chi connectivity index (χ0v) is 10.6. The minimum Gasteiger partial charge on any atom is -1.00 e. The van der Waals surface area contributed by atoms with Crippen LogP contribution < -0.4 is 12.4 Å². The first kappa shape index (κ1) is 22.5. The fourth-order valence-electron chi connectivity index (χ4n) is 0.500. The molecule has 0 saturated carbocycles. The van der Waals surface area contributed by atoms with E-state index in [2.05, 4.69) is 13.8 Å². The van der Waals surface area contributed by atoms with Crippen LogP contribution in [0.15, 0.2) is 0 Å². The van der Waals surface area contributed by atoms with E-state index in [0.717, 1.165) is 0 Å². The van der Waals surface area contributed by atoms with Crippen molar-refractivity contribution in [1.29, 1.82) is 0 Å². The van der Waals surface area contributed by atoms with Crippen LogP contribution in [-0.4, -0.2) is 0 Å². The summed E-state index contributed by atoms with van der Waals surface area (Å²) >= 11 is 0. The summed E-state index contributed by atoms with van der Waals surface area (Å²) in [5.74, 6) is 0.